The highest BCUT2D eigenvalue weighted by Crippen LogP contribution is 2.38. The Labute approximate surface area is 410 Å². The molecule has 4 aliphatic rings. The van der Waals surface area contributed by atoms with E-state index in [0.717, 1.165) is 17.7 Å². The maximum absolute atomic E-state index is 14.5. The van der Waals surface area contributed by atoms with Gasteiger partial charge >= 0.3 is 5.97 Å². The molecule has 4 heterocycles. The summed E-state index contributed by atoms with van der Waals surface area (Å²) in [5, 5.41) is 37.7. The normalized spacial score (nSPS) is 38.6. The van der Waals surface area contributed by atoms with Crippen LogP contribution in [-0.2, 0) is 38.1 Å². The molecule has 1 aliphatic carbocycles. The van der Waals surface area contributed by atoms with Gasteiger partial charge in [0.25, 0.3) is 11.7 Å². The molecular weight excluding hydrogens is 881 g/mol. The van der Waals surface area contributed by atoms with E-state index in [9.17, 15) is 34.5 Å². The van der Waals surface area contributed by atoms with Gasteiger partial charge in [-0.25, -0.2) is 4.79 Å². The van der Waals surface area contributed by atoms with Gasteiger partial charge in [-0.05, 0) is 133 Å². The molecule has 6 N–H and O–H groups in total. The number of hydrogen-bond acceptors (Lipinski definition) is 14. The zero-order valence-corrected chi connectivity index (χ0v) is 42.3. The Bertz CT molecular complexity index is 1970. The molecule has 384 valence electrons. The van der Waals surface area contributed by atoms with E-state index in [1.165, 1.54) is 12.0 Å². The number of esters is 1. The first-order chi connectivity index (χ1) is 32.9. The Balaban J connectivity index is 1.47. The molecule has 0 spiro atoms. The van der Waals surface area contributed by atoms with Gasteiger partial charge in [-0.3, -0.25) is 19.4 Å². The molecule has 3 fully saturated rings. The van der Waals surface area contributed by atoms with Gasteiger partial charge < -0.3 is 50.2 Å². The van der Waals surface area contributed by atoms with Crippen LogP contribution in [0.2, 0.25) is 0 Å². The summed E-state index contributed by atoms with van der Waals surface area (Å²) in [5.74, 6) is -6.39. The van der Waals surface area contributed by atoms with Gasteiger partial charge in [-0.2, -0.15) is 0 Å². The summed E-state index contributed by atoms with van der Waals surface area (Å²) in [6.07, 6.45) is 17.2. The van der Waals surface area contributed by atoms with E-state index in [1.807, 2.05) is 70.2 Å². The summed E-state index contributed by atoms with van der Waals surface area (Å²) in [6, 6.07) is 1.77. The molecule has 1 amide bonds. The van der Waals surface area contributed by atoms with Crippen LogP contribution in [0.3, 0.4) is 0 Å². The fraction of sp³-hybridized carbons (Fsp3) is 0.685. The van der Waals surface area contributed by atoms with Crippen molar-refractivity contribution in [3.63, 3.8) is 0 Å². The summed E-state index contributed by atoms with van der Waals surface area (Å²) < 4.78 is 23.9. The second-order valence-electron chi connectivity index (χ2n) is 20.6. The molecule has 2 bridgehead atoms. The quantitative estimate of drug-likeness (QED) is 0.111. The molecule has 0 radical (unpaired) electrons. The fourth-order valence-electron chi connectivity index (χ4n) is 10.7. The Morgan fingerprint density at radius 3 is 2.35 bits per heavy atom. The number of rotatable bonds is 7. The van der Waals surface area contributed by atoms with Crippen LogP contribution in [0.4, 0.5) is 5.69 Å². The number of carbonyl (C=O) groups is 4. The summed E-state index contributed by atoms with van der Waals surface area (Å²) >= 11 is 0. The van der Waals surface area contributed by atoms with Crippen LogP contribution in [0, 0.1) is 29.6 Å². The number of aliphatic hydroxyl groups is 3. The lowest BCUT2D eigenvalue weighted by molar-refractivity contribution is -0.263. The number of piperidine rings is 1. The molecule has 3 aliphatic heterocycles. The summed E-state index contributed by atoms with van der Waals surface area (Å²) in [5.41, 5.74) is 8.96. The number of pyridine rings is 1. The van der Waals surface area contributed by atoms with Crippen LogP contribution in [0.15, 0.2) is 72.1 Å². The lowest BCUT2D eigenvalue weighted by Gasteiger charge is -2.43. The van der Waals surface area contributed by atoms with Crippen molar-refractivity contribution < 1.29 is 53.4 Å². The van der Waals surface area contributed by atoms with E-state index in [-0.39, 0.29) is 48.6 Å². The maximum Gasteiger partial charge on any atom is 0.329 e. The third-order valence-corrected chi connectivity index (χ3v) is 15.1. The smallest absolute Gasteiger partial charge is 0.329 e. The van der Waals surface area contributed by atoms with Crippen molar-refractivity contribution >= 4 is 29.1 Å². The lowest BCUT2D eigenvalue weighted by Crippen LogP contribution is -2.61. The minimum absolute atomic E-state index is 0.0333. The zero-order valence-electron chi connectivity index (χ0n) is 42.3. The van der Waals surface area contributed by atoms with Gasteiger partial charge in [0, 0.05) is 62.8 Å². The number of Topliss-reactive ketones (excluding diaryl/α,β-unsaturated/α-hetero) is 2. The molecule has 15 nitrogen and oxygen atoms in total. The molecule has 15 heteroatoms. The number of fused-ring (bicyclic) bond motifs is 3. The van der Waals surface area contributed by atoms with E-state index >= 15 is 0 Å². The number of aromatic nitrogens is 1. The van der Waals surface area contributed by atoms with Crippen molar-refractivity contribution in [3.05, 3.63) is 72.1 Å². The SMILES string of the molecule is CO[C@@H]1C[C@H](C[C@@H](C)[C@@H]2CC[C@H](N)/C=C(\C)[C@@H](O)[C@@H](OC)C(=O)[C@H](C)C[C@H](C)/C=C/C=C/C=C(\C)C(Nc3ccncc3)CC3CC[C@@H](C)[C@@](O)(O3)C(=O)C(=O)N3CCCC[C@H]3C(=O)O2)CC[C@H]1O. The van der Waals surface area contributed by atoms with Crippen LogP contribution in [0.1, 0.15) is 125 Å². The standard InChI is InChI=1S/C54H82N4O11/c1-33-14-10-9-11-15-34(2)43(57-41-23-25-56-26-24-41)32-42-20-17-38(6)54(65,69-42)51(62)52(63)58-27-13-12-16-44(58)53(64)68-46(35(3)29-39-18-21-45(59)47(31-39)66-7)22-19-40(55)30-37(5)49(61)50(67-8)48(60)36(4)28-33/h9-11,14-15,23-26,30,33,35-36,38-40,42-47,49-50,59,61,65H,12-13,16-22,27-29,31-32,55H2,1-8H3,(H,56,57)/b11-9+,14-10+,34-15+,37-30+/t33-,35-,36-,38-,39+,40+,42?,43?,44+,45-,46+,47-,49-,50+,54-/m1/s1. The van der Waals surface area contributed by atoms with E-state index in [0.29, 0.717) is 76.2 Å². The summed E-state index contributed by atoms with van der Waals surface area (Å²) in [7, 11) is 3.01. The molecule has 5 rings (SSSR count). The van der Waals surface area contributed by atoms with Crippen molar-refractivity contribution in [1.29, 1.82) is 0 Å². The van der Waals surface area contributed by atoms with Crippen LogP contribution in [0.5, 0.6) is 0 Å². The van der Waals surface area contributed by atoms with E-state index in [1.54, 1.807) is 39.4 Å². The number of allylic oxidation sites excluding steroid dienone is 5. The van der Waals surface area contributed by atoms with E-state index in [2.05, 4.69) is 10.3 Å². The Kier molecular flexibility index (Phi) is 21.3. The van der Waals surface area contributed by atoms with Crippen molar-refractivity contribution in [1.82, 2.24) is 9.88 Å². The van der Waals surface area contributed by atoms with Crippen LogP contribution < -0.4 is 11.1 Å². The first kappa shape index (κ1) is 55.8. The number of nitrogens with zero attached hydrogens (tertiary/aromatic N) is 2. The average molecular weight is 963 g/mol. The molecule has 0 aromatic carbocycles. The van der Waals surface area contributed by atoms with Crippen molar-refractivity contribution in [2.45, 2.75) is 186 Å². The molecule has 1 aromatic rings. The van der Waals surface area contributed by atoms with Gasteiger partial charge in [0.1, 0.15) is 24.4 Å². The number of hydrogen-bond donors (Lipinski definition) is 5. The number of aliphatic hydroxyl groups excluding tert-OH is 2. The Morgan fingerprint density at radius 2 is 1.64 bits per heavy atom. The predicted octanol–water partition coefficient (Wildman–Crippen LogP) is 6.55. The minimum atomic E-state index is -2.42. The second-order valence-corrected chi connectivity index (χ2v) is 20.6. The van der Waals surface area contributed by atoms with Gasteiger partial charge in [-0.1, -0.05) is 69.7 Å². The van der Waals surface area contributed by atoms with Crippen LogP contribution in [0.25, 0.3) is 0 Å². The molecule has 2 unspecified atom stereocenters. The third kappa shape index (κ3) is 15.2. The highest BCUT2D eigenvalue weighted by atomic mass is 16.6. The zero-order chi connectivity index (χ0) is 50.4. The van der Waals surface area contributed by atoms with E-state index < -0.39 is 77.9 Å². The Hall–Kier alpha value is -4.09. The highest BCUT2D eigenvalue weighted by molar-refractivity contribution is 6.39. The van der Waals surface area contributed by atoms with Gasteiger partial charge in [0.2, 0.25) is 5.79 Å². The molecule has 15 atom stereocenters. The molecule has 1 aromatic heterocycles. The van der Waals surface area contributed by atoms with Gasteiger partial charge in [0.15, 0.2) is 5.78 Å². The van der Waals surface area contributed by atoms with Gasteiger partial charge in [-0.15, -0.1) is 0 Å². The van der Waals surface area contributed by atoms with Crippen LogP contribution >= 0.6 is 0 Å². The summed E-state index contributed by atoms with van der Waals surface area (Å²) in [6.45, 7) is 11.4. The van der Waals surface area contributed by atoms with E-state index in [4.69, 9.17) is 24.7 Å². The predicted molar refractivity (Wildman–Crippen MR) is 264 cm³/mol. The number of nitrogens with one attached hydrogen (secondary N) is 1. The fourth-order valence-corrected chi connectivity index (χ4v) is 10.7. The van der Waals surface area contributed by atoms with Crippen molar-refractivity contribution in [3.8, 4) is 0 Å². The topological polar surface area (TPSA) is 220 Å². The number of ketones is 2. The number of anilines is 1. The number of methoxy groups -OCH3 is 2. The van der Waals surface area contributed by atoms with Crippen molar-refractivity contribution in [2.24, 2.45) is 35.3 Å². The minimum Gasteiger partial charge on any atom is -0.461 e. The van der Waals surface area contributed by atoms with Gasteiger partial charge in [0.05, 0.1) is 18.3 Å². The average Bonchev–Trinajstić information content (AvgIpc) is 3.33. The number of amides is 1. The number of ether oxygens (including phenoxy) is 4. The highest BCUT2D eigenvalue weighted by Gasteiger charge is 2.53. The Morgan fingerprint density at radius 1 is 0.899 bits per heavy atom. The van der Waals surface area contributed by atoms with Crippen molar-refractivity contribution in [2.75, 3.05) is 26.1 Å². The molecule has 69 heavy (non-hydrogen) atoms. The first-order valence-corrected chi connectivity index (χ1v) is 25.4. The largest absolute Gasteiger partial charge is 0.461 e. The van der Waals surface area contributed by atoms with Crippen LogP contribution in [-0.4, -0.2) is 130 Å². The monoisotopic (exact) mass is 963 g/mol. The molecule has 1 saturated carbocycles. The number of carbonyl (C=O) groups excluding carboxylic acids is 4. The molecule has 2 saturated heterocycles. The number of nitrogens with two attached hydrogens (primary N) is 1. The first-order valence-electron chi connectivity index (χ1n) is 25.4. The molecular formula is C54H82N4O11. The lowest BCUT2D eigenvalue weighted by atomic mass is 9.78. The maximum atomic E-state index is 14.5. The number of cyclic esters (lactones) is 1. The summed E-state index contributed by atoms with van der Waals surface area (Å²) in [4.78, 5) is 62.4. The third-order valence-electron chi connectivity index (χ3n) is 15.1. The second kappa shape index (κ2) is 26.4.